The quantitative estimate of drug-likeness (QED) is 0.519. The predicted octanol–water partition coefficient (Wildman–Crippen LogP) is 3.16. The minimum atomic E-state index is -0.449. The Morgan fingerprint density at radius 2 is 2.05 bits per heavy atom. The number of furan rings is 1. The standard InChI is InChI=1S/C17H14N2O2/c1-2-10-19-17(20)14(12-18)11-15-8-9-16(21-15)13-6-4-3-5-7-13/h2-9,11H,1,10H2,(H,19,20)/b14-11+. The highest BCUT2D eigenvalue weighted by Gasteiger charge is 2.09. The molecule has 0 saturated heterocycles. The number of hydrogen-bond acceptors (Lipinski definition) is 3. The van der Waals surface area contributed by atoms with Crippen LogP contribution in [0.1, 0.15) is 5.76 Å². The van der Waals surface area contributed by atoms with Gasteiger partial charge in [-0.05, 0) is 12.1 Å². The third kappa shape index (κ3) is 3.71. The second kappa shape index (κ2) is 6.92. The van der Waals surface area contributed by atoms with Crippen LogP contribution in [-0.4, -0.2) is 12.5 Å². The van der Waals surface area contributed by atoms with E-state index in [1.807, 2.05) is 36.4 Å². The van der Waals surface area contributed by atoms with Crippen LogP contribution in [0.3, 0.4) is 0 Å². The molecule has 2 rings (SSSR count). The van der Waals surface area contributed by atoms with Gasteiger partial charge in [0.15, 0.2) is 0 Å². The van der Waals surface area contributed by atoms with Crippen molar-refractivity contribution < 1.29 is 9.21 Å². The molecule has 21 heavy (non-hydrogen) atoms. The maximum atomic E-state index is 11.7. The van der Waals surface area contributed by atoms with E-state index in [2.05, 4.69) is 11.9 Å². The van der Waals surface area contributed by atoms with Crippen LogP contribution in [0.4, 0.5) is 0 Å². The Labute approximate surface area is 123 Å². The molecule has 0 fully saturated rings. The molecule has 104 valence electrons. The number of carbonyl (C=O) groups excluding carboxylic acids is 1. The number of rotatable bonds is 5. The Morgan fingerprint density at radius 1 is 1.29 bits per heavy atom. The van der Waals surface area contributed by atoms with Crippen LogP contribution in [0.5, 0.6) is 0 Å². The van der Waals surface area contributed by atoms with E-state index >= 15 is 0 Å². The van der Waals surface area contributed by atoms with E-state index in [-0.39, 0.29) is 5.57 Å². The lowest BCUT2D eigenvalue weighted by atomic mass is 10.2. The average Bonchev–Trinajstić information content (AvgIpc) is 2.99. The van der Waals surface area contributed by atoms with Crippen LogP contribution in [0, 0.1) is 11.3 Å². The zero-order chi connectivity index (χ0) is 15.1. The lowest BCUT2D eigenvalue weighted by molar-refractivity contribution is -0.116. The number of amides is 1. The SMILES string of the molecule is C=CCNC(=O)/C(C#N)=C/c1ccc(-c2ccccc2)o1. The molecule has 1 aromatic heterocycles. The van der Waals surface area contributed by atoms with Crippen molar-refractivity contribution in [2.75, 3.05) is 6.54 Å². The molecular weight excluding hydrogens is 264 g/mol. The van der Waals surface area contributed by atoms with Gasteiger partial charge in [0.25, 0.3) is 5.91 Å². The van der Waals surface area contributed by atoms with Crippen molar-refractivity contribution >= 4 is 12.0 Å². The summed E-state index contributed by atoms with van der Waals surface area (Å²) in [5, 5.41) is 11.6. The molecule has 0 spiro atoms. The Balaban J connectivity index is 2.21. The minimum absolute atomic E-state index is 0.00851. The maximum Gasteiger partial charge on any atom is 0.262 e. The number of hydrogen-bond donors (Lipinski definition) is 1. The summed E-state index contributed by atoms with van der Waals surface area (Å²) in [5.74, 6) is 0.694. The lowest BCUT2D eigenvalue weighted by Crippen LogP contribution is -2.24. The summed E-state index contributed by atoms with van der Waals surface area (Å²) in [7, 11) is 0. The summed E-state index contributed by atoms with van der Waals surface area (Å²) in [6.07, 6.45) is 2.97. The first-order chi connectivity index (χ1) is 10.2. The van der Waals surface area contributed by atoms with Gasteiger partial charge in [-0.1, -0.05) is 36.4 Å². The number of nitriles is 1. The molecule has 1 aromatic carbocycles. The molecule has 1 N–H and O–H groups in total. The molecule has 0 bridgehead atoms. The first-order valence-corrected chi connectivity index (χ1v) is 6.40. The molecule has 0 saturated carbocycles. The summed E-state index contributed by atoms with van der Waals surface area (Å²) < 4.78 is 5.63. The molecule has 4 nitrogen and oxygen atoms in total. The highest BCUT2D eigenvalue weighted by atomic mass is 16.3. The average molecular weight is 278 g/mol. The van der Waals surface area contributed by atoms with Crippen LogP contribution in [-0.2, 0) is 4.79 Å². The van der Waals surface area contributed by atoms with Crippen molar-refractivity contribution in [1.29, 1.82) is 5.26 Å². The molecule has 0 atom stereocenters. The van der Waals surface area contributed by atoms with E-state index in [0.717, 1.165) is 5.56 Å². The van der Waals surface area contributed by atoms with Gasteiger partial charge < -0.3 is 9.73 Å². The molecule has 1 heterocycles. The molecule has 0 aliphatic rings. The maximum absolute atomic E-state index is 11.7. The van der Waals surface area contributed by atoms with Crippen molar-refractivity contribution in [3.05, 3.63) is 66.5 Å². The fourth-order valence-electron chi connectivity index (χ4n) is 1.74. The molecule has 2 aromatic rings. The van der Waals surface area contributed by atoms with Crippen LogP contribution >= 0.6 is 0 Å². The zero-order valence-corrected chi connectivity index (χ0v) is 11.4. The molecule has 4 heteroatoms. The first-order valence-electron chi connectivity index (χ1n) is 6.40. The highest BCUT2D eigenvalue weighted by Crippen LogP contribution is 2.22. The van der Waals surface area contributed by atoms with E-state index in [1.165, 1.54) is 6.08 Å². The Morgan fingerprint density at radius 3 is 2.71 bits per heavy atom. The van der Waals surface area contributed by atoms with Crippen LogP contribution in [0.15, 0.2) is 65.1 Å². The third-order valence-electron chi connectivity index (χ3n) is 2.74. The topological polar surface area (TPSA) is 66.0 Å². The summed E-state index contributed by atoms with van der Waals surface area (Å²) >= 11 is 0. The second-order valence-corrected chi connectivity index (χ2v) is 4.24. The first kappa shape index (κ1) is 14.4. The number of benzene rings is 1. The van der Waals surface area contributed by atoms with Crippen LogP contribution in [0.2, 0.25) is 0 Å². The molecule has 0 unspecified atom stereocenters. The van der Waals surface area contributed by atoms with Gasteiger partial charge in [0.05, 0.1) is 0 Å². The Bertz CT molecular complexity index is 706. The van der Waals surface area contributed by atoms with E-state index < -0.39 is 5.91 Å². The number of carbonyl (C=O) groups is 1. The third-order valence-corrected chi connectivity index (χ3v) is 2.74. The van der Waals surface area contributed by atoms with Crippen LogP contribution < -0.4 is 5.32 Å². The fourth-order valence-corrected chi connectivity index (χ4v) is 1.74. The monoisotopic (exact) mass is 278 g/mol. The van der Waals surface area contributed by atoms with Gasteiger partial charge in [-0.3, -0.25) is 4.79 Å². The van der Waals surface area contributed by atoms with Crippen molar-refractivity contribution in [3.63, 3.8) is 0 Å². The van der Waals surface area contributed by atoms with Crippen molar-refractivity contribution in [1.82, 2.24) is 5.32 Å². The Hall–Kier alpha value is -3.06. The van der Waals surface area contributed by atoms with Crippen LogP contribution in [0.25, 0.3) is 17.4 Å². The summed E-state index contributed by atoms with van der Waals surface area (Å²) in [5.41, 5.74) is 0.928. The molecule has 0 radical (unpaired) electrons. The van der Waals surface area contributed by atoms with Crippen molar-refractivity contribution in [2.24, 2.45) is 0 Å². The van der Waals surface area contributed by atoms with Crippen molar-refractivity contribution in [2.45, 2.75) is 0 Å². The van der Waals surface area contributed by atoms with E-state index in [1.54, 1.807) is 18.2 Å². The lowest BCUT2D eigenvalue weighted by Gasteiger charge is -1.99. The minimum Gasteiger partial charge on any atom is -0.457 e. The van der Waals surface area contributed by atoms with Gasteiger partial charge in [-0.25, -0.2) is 0 Å². The molecule has 0 aliphatic carbocycles. The second-order valence-electron chi connectivity index (χ2n) is 4.24. The number of nitrogens with zero attached hydrogens (tertiary/aromatic N) is 1. The zero-order valence-electron chi connectivity index (χ0n) is 11.4. The molecule has 0 aliphatic heterocycles. The van der Waals surface area contributed by atoms with Gasteiger partial charge in [-0.2, -0.15) is 5.26 Å². The number of nitrogens with one attached hydrogen (secondary N) is 1. The summed E-state index contributed by atoms with van der Waals surface area (Å²) in [4.78, 5) is 11.7. The Kier molecular flexibility index (Phi) is 4.73. The molecular formula is C17H14N2O2. The van der Waals surface area contributed by atoms with Gasteiger partial charge in [0.2, 0.25) is 0 Å². The summed E-state index contributed by atoms with van der Waals surface area (Å²) in [6.45, 7) is 3.81. The van der Waals surface area contributed by atoms with Gasteiger partial charge in [-0.15, -0.1) is 6.58 Å². The predicted molar refractivity (Wildman–Crippen MR) is 80.9 cm³/mol. The summed E-state index contributed by atoms with van der Waals surface area (Å²) in [6, 6.07) is 15.0. The van der Waals surface area contributed by atoms with E-state index in [0.29, 0.717) is 18.1 Å². The highest BCUT2D eigenvalue weighted by molar-refractivity contribution is 6.01. The molecule has 1 amide bonds. The largest absolute Gasteiger partial charge is 0.457 e. The fraction of sp³-hybridized carbons (Fsp3) is 0.0588. The smallest absolute Gasteiger partial charge is 0.262 e. The van der Waals surface area contributed by atoms with Gasteiger partial charge in [0, 0.05) is 18.2 Å². The normalized spacial score (nSPS) is 10.7. The van der Waals surface area contributed by atoms with Gasteiger partial charge in [0.1, 0.15) is 23.2 Å². The van der Waals surface area contributed by atoms with Crippen molar-refractivity contribution in [3.8, 4) is 17.4 Å². The van der Waals surface area contributed by atoms with E-state index in [4.69, 9.17) is 9.68 Å². The van der Waals surface area contributed by atoms with E-state index in [9.17, 15) is 4.79 Å². The van der Waals surface area contributed by atoms with Gasteiger partial charge >= 0.3 is 0 Å².